The summed E-state index contributed by atoms with van der Waals surface area (Å²) in [4.78, 5) is 16.2. The number of amides is 1. The minimum atomic E-state index is -0.0696. The van der Waals surface area contributed by atoms with Crippen LogP contribution in [0.1, 0.15) is 18.9 Å². The lowest BCUT2D eigenvalue weighted by Gasteiger charge is -2.14. The number of ether oxygens (including phenoxy) is 1. The second kappa shape index (κ2) is 5.14. The van der Waals surface area contributed by atoms with E-state index < -0.39 is 0 Å². The van der Waals surface area contributed by atoms with E-state index in [0.29, 0.717) is 12.4 Å². The molecule has 2 heterocycles. The van der Waals surface area contributed by atoms with Crippen LogP contribution in [0, 0.1) is 12.8 Å². The zero-order chi connectivity index (χ0) is 12.4. The first-order valence-corrected chi connectivity index (χ1v) is 6.42. The van der Waals surface area contributed by atoms with Crippen LogP contribution in [0.5, 0.6) is 0 Å². The average Bonchev–Trinajstić information content (AvgIpc) is 2.68. The Bertz CT molecular complexity index is 437. The lowest BCUT2D eigenvalue weighted by atomic mass is 10.0. The van der Waals surface area contributed by atoms with E-state index in [-0.39, 0.29) is 17.9 Å². The summed E-state index contributed by atoms with van der Waals surface area (Å²) in [5.41, 5.74) is 0.944. The topological polar surface area (TPSA) is 51.2 Å². The van der Waals surface area contributed by atoms with Crippen LogP contribution in [-0.4, -0.2) is 23.6 Å². The second-order valence-corrected chi connectivity index (χ2v) is 5.20. The molecule has 0 bridgehead atoms. The van der Waals surface area contributed by atoms with Crippen LogP contribution in [0.25, 0.3) is 0 Å². The highest BCUT2D eigenvalue weighted by molar-refractivity contribution is 9.10. The highest BCUT2D eigenvalue weighted by atomic mass is 79.9. The van der Waals surface area contributed by atoms with Gasteiger partial charge in [0.1, 0.15) is 5.82 Å². The second-order valence-electron chi connectivity index (χ2n) is 4.28. The van der Waals surface area contributed by atoms with Crippen molar-refractivity contribution in [1.29, 1.82) is 0 Å². The molecule has 2 unspecified atom stereocenters. The first kappa shape index (κ1) is 12.5. The summed E-state index contributed by atoms with van der Waals surface area (Å²) in [6.45, 7) is 4.51. The fourth-order valence-corrected chi connectivity index (χ4v) is 2.40. The van der Waals surface area contributed by atoms with Crippen LogP contribution in [0.3, 0.4) is 0 Å². The van der Waals surface area contributed by atoms with Gasteiger partial charge in [-0.3, -0.25) is 4.79 Å². The largest absolute Gasteiger partial charge is 0.378 e. The third-order valence-corrected chi connectivity index (χ3v) is 3.43. The number of halogens is 1. The van der Waals surface area contributed by atoms with E-state index >= 15 is 0 Å². The number of pyridine rings is 1. The first-order valence-electron chi connectivity index (χ1n) is 5.62. The highest BCUT2D eigenvalue weighted by Gasteiger charge is 2.31. The van der Waals surface area contributed by atoms with E-state index in [9.17, 15) is 4.79 Å². The molecule has 0 aliphatic carbocycles. The average molecular weight is 299 g/mol. The van der Waals surface area contributed by atoms with Crippen LogP contribution in [0.2, 0.25) is 0 Å². The number of hydrogen-bond acceptors (Lipinski definition) is 3. The summed E-state index contributed by atoms with van der Waals surface area (Å²) >= 11 is 3.34. The van der Waals surface area contributed by atoms with E-state index in [4.69, 9.17) is 4.74 Å². The molecule has 1 N–H and O–H groups in total. The number of carbonyl (C=O) groups excluding carboxylic acids is 1. The molecule has 2 atom stereocenters. The van der Waals surface area contributed by atoms with Crippen LogP contribution in [0.15, 0.2) is 16.7 Å². The summed E-state index contributed by atoms with van der Waals surface area (Å²) in [5, 5.41) is 2.86. The number of nitrogens with zero attached hydrogens (tertiary/aromatic N) is 1. The Morgan fingerprint density at radius 1 is 1.65 bits per heavy atom. The molecule has 1 amide bonds. The minimum Gasteiger partial charge on any atom is -0.378 e. The molecule has 4 nitrogen and oxygen atoms in total. The highest BCUT2D eigenvalue weighted by Crippen LogP contribution is 2.23. The molecular formula is C12H15BrN2O2. The molecule has 92 valence electrons. The number of aryl methyl sites for hydroxylation is 1. The summed E-state index contributed by atoms with van der Waals surface area (Å²) in [6, 6.07) is 1.93. The molecule has 0 spiro atoms. The van der Waals surface area contributed by atoms with E-state index in [0.717, 1.165) is 16.5 Å². The molecule has 2 rings (SSSR count). The maximum absolute atomic E-state index is 12.0. The van der Waals surface area contributed by atoms with Gasteiger partial charge in [-0.1, -0.05) is 0 Å². The normalized spacial score (nSPS) is 23.7. The molecule has 1 fully saturated rings. The molecular weight excluding hydrogens is 284 g/mol. The Kier molecular flexibility index (Phi) is 3.79. The Hall–Kier alpha value is -0.940. The van der Waals surface area contributed by atoms with E-state index in [1.807, 2.05) is 19.9 Å². The third kappa shape index (κ3) is 2.84. The van der Waals surface area contributed by atoms with Gasteiger partial charge < -0.3 is 10.1 Å². The van der Waals surface area contributed by atoms with Gasteiger partial charge in [-0.05, 0) is 47.8 Å². The molecule has 1 saturated heterocycles. The van der Waals surface area contributed by atoms with Gasteiger partial charge in [0.2, 0.25) is 5.91 Å². The van der Waals surface area contributed by atoms with Crippen LogP contribution < -0.4 is 5.32 Å². The van der Waals surface area contributed by atoms with Crippen molar-refractivity contribution in [2.24, 2.45) is 5.92 Å². The van der Waals surface area contributed by atoms with Gasteiger partial charge in [0.15, 0.2) is 0 Å². The molecule has 1 aromatic rings. The maximum atomic E-state index is 12.0. The van der Waals surface area contributed by atoms with Gasteiger partial charge in [0, 0.05) is 17.3 Å². The van der Waals surface area contributed by atoms with Crippen molar-refractivity contribution in [3.63, 3.8) is 0 Å². The first-order chi connectivity index (χ1) is 8.08. The molecule has 0 saturated carbocycles. The summed E-state index contributed by atoms with van der Waals surface area (Å²) in [6.07, 6.45) is 2.45. The molecule has 0 aromatic carbocycles. The fourth-order valence-electron chi connectivity index (χ4n) is 1.96. The fraction of sp³-hybridized carbons (Fsp3) is 0.500. The Labute approximate surface area is 109 Å². The smallest absolute Gasteiger partial charge is 0.231 e. The van der Waals surface area contributed by atoms with Crippen molar-refractivity contribution in [3.05, 3.63) is 22.3 Å². The SMILES string of the molecule is Cc1cc(Br)cnc1NC(=O)C1CCOC1C. The van der Waals surface area contributed by atoms with Crippen LogP contribution >= 0.6 is 15.9 Å². The van der Waals surface area contributed by atoms with E-state index in [2.05, 4.69) is 26.2 Å². The number of hydrogen-bond donors (Lipinski definition) is 1. The van der Waals surface area contributed by atoms with Gasteiger partial charge in [0.05, 0.1) is 12.0 Å². The third-order valence-electron chi connectivity index (χ3n) is 3.00. The van der Waals surface area contributed by atoms with Crippen molar-refractivity contribution in [2.45, 2.75) is 26.4 Å². The van der Waals surface area contributed by atoms with Gasteiger partial charge in [-0.25, -0.2) is 4.98 Å². The lowest BCUT2D eigenvalue weighted by molar-refractivity contribution is -0.121. The van der Waals surface area contributed by atoms with Crippen molar-refractivity contribution < 1.29 is 9.53 Å². The molecule has 1 aliphatic heterocycles. The van der Waals surface area contributed by atoms with Crippen molar-refractivity contribution in [1.82, 2.24) is 4.98 Å². The number of anilines is 1. The molecule has 5 heteroatoms. The van der Waals surface area contributed by atoms with Gasteiger partial charge >= 0.3 is 0 Å². The minimum absolute atomic E-state index is 0.00655. The predicted molar refractivity (Wildman–Crippen MR) is 68.8 cm³/mol. The molecule has 17 heavy (non-hydrogen) atoms. The zero-order valence-corrected chi connectivity index (χ0v) is 11.5. The van der Waals surface area contributed by atoms with Crippen molar-refractivity contribution >= 4 is 27.7 Å². The van der Waals surface area contributed by atoms with Crippen molar-refractivity contribution in [2.75, 3.05) is 11.9 Å². The number of carbonyl (C=O) groups is 1. The Morgan fingerprint density at radius 3 is 3.00 bits per heavy atom. The zero-order valence-electron chi connectivity index (χ0n) is 9.87. The molecule has 1 aliphatic rings. The van der Waals surface area contributed by atoms with Crippen molar-refractivity contribution in [3.8, 4) is 0 Å². The summed E-state index contributed by atoms with van der Waals surface area (Å²) in [5.74, 6) is 0.546. The summed E-state index contributed by atoms with van der Waals surface area (Å²) < 4.78 is 6.29. The van der Waals surface area contributed by atoms with E-state index in [1.165, 1.54) is 0 Å². The maximum Gasteiger partial charge on any atom is 0.231 e. The quantitative estimate of drug-likeness (QED) is 0.913. The summed E-state index contributed by atoms with van der Waals surface area (Å²) in [7, 11) is 0. The number of aromatic nitrogens is 1. The number of nitrogens with one attached hydrogen (secondary N) is 1. The van der Waals surface area contributed by atoms with Gasteiger partial charge in [-0.2, -0.15) is 0 Å². The Morgan fingerprint density at radius 2 is 2.41 bits per heavy atom. The predicted octanol–water partition coefficient (Wildman–Crippen LogP) is 2.52. The lowest BCUT2D eigenvalue weighted by Crippen LogP contribution is -2.28. The standard InChI is InChI=1S/C12H15BrN2O2/c1-7-5-9(13)6-14-11(7)15-12(16)10-3-4-17-8(10)2/h5-6,8,10H,3-4H2,1-2H3,(H,14,15,16). The van der Waals surface area contributed by atoms with Gasteiger partial charge in [0.25, 0.3) is 0 Å². The Balaban J connectivity index is 2.07. The van der Waals surface area contributed by atoms with Crippen LogP contribution in [-0.2, 0) is 9.53 Å². The van der Waals surface area contributed by atoms with E-state index in [1.54, 1.807) is 6.20 Å². The van der Waals surface area contributed by atoms with Crippen LogP contribution in [0.4, 0.5) is 5.82 Å². The molecule has 0 radical (unpaired) electrons. The molecule has 1 aromatic heterocycles. The monoisotopic (exact) mass is 298 g/mol. The van der Waals surface area contributed by atoms with Gasteiger partial charge in [-0.15, -0.1) is 0 Å². The number of rotatable bonds is 2.